The Hall–Kier alpha value is -1.29. The van der Waals surface area contributed by atoms with E-state index < -0.39 is 34.9 Å². The fourth-order valence-electron chi connectivity index (χ4n) is 3.13. The third-order valence-corrected chi connectivity index (χ3v) is 6.20. The fourth-order valence-corrected chi connectivity index (χ4v) is 4.86. The molecule has 2 atom stereocenters. The largest absolute Gasteiger partial charge is 0.346 e. The van der Waals surface area contributed by atoms with Gasteiger partial charge in [0.05, 0.1) is 18.0 Å². The van der Waals surface area contributed by atoms with Crippen LogP contribution in [-0.4, -0.2) is 50.7 Å². The third kappa shape index (κ3) is 6.10. The fraction of sp³-hybridized carbons (Fsp3) is 0.588. The lowest BCUT2D eigenvalue weighted by Crippen LogP contribution is -2.42. The van der Waals surface area contributed by atoms with Crippen LogP contribution >= 0.6 is 12.4 Å². The Bertz CT molecular complexity index is 752. The number of sulfonamides is 1. The van der Waals surface area contributed by atoms with Crippen molar-refractivity contribution in [1.82, 2.24) is 9.62 Å². The van der Waals surface area contributed by atoms with Gasteiger partial charge in [-0.25, -0.2) is 17.2 Å². The normalized spacial score (nSPS) is 21.4. The van der Waals surface area contributed by atoms with Gasteiger partial charge in [-0.05, 0) is 36.5 Å². The maximum absolute atomic E-state index is 13.2. The number of carbonyl (C=O) groups excluding carboxylic acids is 1. The van der Waals surface area contributed by atoms with E-state index in [1.54, 1.807) is 0 Å². The molecule has 1 heterocycles. The van der Waals surface area contributed by atoms with Crippen molar-refractivity contribution in [3.63, 3.8) is 0 Å². The van der Waals surface area contributed by atoms with Gasteiger partial charge in [0.15, 0.2) is 0 Å². The van der Waals surface area contributed by atoms with E-state index in [4.69, 9.17) is 5.73 Å². The van der Waals surface area contributed by atoms with E-state index in [1.807, 2.05) is 13.8 Å². The maximum Gasteiger partial charge on any atom is 0.277 e. The van der Waals surface area contributed by atoms with Gasteiger partial charge in [-0.1, -0.05) is 19.9 Å². The second kappa shape index (κ2) is 9.27. The number of amides is 1. The summed E-state index contributed by atoms with van der Waals surface area (Å²) in [4.78, 5) is 12.1. The quantitative estimate of drug-likeness (QED) is 0.730. The molecule has 0 aliphatic carbocycles. The molecular weight excluding hydrogens is 400 g/mol. The van der Waals surface area contributed by atoms with Crippen LogP contribution in [0.1, 0.15) is 30.6 Å². The Kier molecular flexibility index (Phi) is 8.15. The molecule has 1 aromatic rings. The lowest BCUT2D eigenvalue weighted by molar-refractivity contribution is 0.0118. The van der Waals surface area contributed by atoms with Crippen LogP contribution in [0.4, 0.5) is 8.78 Å². The number of piperidine rings is 1. The first-order valence-electron chi connectivity index (χ1n) is 8.51. The lowest BCUT2D eigenvalue weighted by atomic mass is 9.94. The predicted molar refractivity (Wildman–Crippen MR) is 102 cm³/mol. The number of carbonyl (C=O) groups is 1. The summed E-state index contributed by atoms with van der Waals surface area (Å²) in [5.74, 6) is -3.48. The molecular formula is C17H26ClF2N3O3S. The average Bonchev–Trinajstić information content (AvgIpc) is 2.59. The number of nitrogens with one attached hydrogen (secondary N) is 1. The maximum atomic E-state index is 13.2. The van der Waals surface area contributed by atoms with Gasteiger partial charge in [0, 0.05) is 18.7 Å². The number of hydrogen-bond acceptors (Lipinski definition) is 4. The summed E-state index contributed by atoms with van der Waals surface area (Å²) < 4.78 is 53.5. The number of alkyl halides is 2. The molecule has 3 N–H and O–H groups in total. The zero-order valence-corrected chi connectivity index (χ0v) is 17.0. The van der Waals surface area contributed by atoms with Crippen LogP contribution in [0.5, 0.6) is 0 Å². The predicted octanol–water partition coefficient (Wildman–Crippen LogP) is 2.10. The van der Waals surface area contributed by atoms with Crippen molar-refractivity contribution in [2.75, 3.05) is 26.2 Å². The highest BCUT2D eigenvalue weighted by atomic mass is 35.5. The molecule has 0 aromatic heterocycles. The van der Waals surface area contributed by atoms with E-state index in [0.29, 0.717) is 13.1 Å². The van der Waals surface area contributed by atoms with E-state index in [-0.39, 0.29) is 34.7 Å². The summed E-state index contributed by atoms with van der Waals surface area (Å²) >= 11 is 0. The van der Waals surface area contributed by atoms with Crippen LogP contribution in [-0.2, 0) is 10.0 Å². The summed E-state index contributed by atoms with van der Waals surface area (Å²) in [5, 5.41) is 2.09. The van der Waals surface area contributed by atoms with E-state index in [2.05, 4.69) is 5.32 Å². The zero-order valence-electron chi connectivity index (χ0n) is 15.3. The van der Waals surface area contributed by atoms with Crippen LogP contribution in [0.3, 0.4) is 0 Å². The van der Waals surface area contributed by atoms with Crippen molar-refractivity contribution >= 4 is 28.3 Å². The highest BCUT2D eigenvalue weighted by molar-refractivity contribution is 7.89. The van der Waals surface area contributed by atoms with Gasteiger partial charge in [0.1, 0.15) is 0 Å². The number of hydrogen-bond donors (Lipinski definition) is 2. The number of rotatable bonds is 6. The van der Waals surface area contributed by atoms with Crippen LogP contribution in [0.15, 0.2) is 29.2 Å². The Morgan fingerprint density at radius 2 is 1.89 bits per heavy atom. The van der Waals surface area contributed by atoms with Gasteiger partial charge in [-0.3, -0.25) is 4.79 Å². The first-order chi connectivity index (χ1) is 12.0. The summed E-state index contributed by atoms with van der Waals surface area (Å²) in [6.45, 7) is 3.06. The molecule has 1 fully saturated rings. The molecule has 27 heavy (non-hydrogen) atoms. The highest BCUT2D eigenvalue weighted by Gasteiger charge is 2.32. The number of nitrogens with zero attached hydrogens (tertiary/aromatic N) is 1. The minimum absolute atomic E-state index is 0. The summed E-state index contributed by atoms with van der Waals surface area (Å²) in [6.07, 6.45) is 0.962. The standard InChI is InChI=1S/C17H25F2N3O3S.ClH/c1-12-6-13(2)9-22(8-12)26(24,25)15-5-3-4-14(7-15)16(23)21-11-17(18,19)10-20;/h3-5,7,12-13H,6,8-11,20H2,1-2H3,(H,21,23);1H. The molecule has 1 aromatic carbocycles. The first kappa shape index (κ1) is 23.7. The van der Waals surface area contributed by atoms with Gasteiger partial charge in [-0.15, -0.1) is 12.4 Å². The lowest BCUT2D eigenvalue weighted by Gasteiger charge is -2.34. The van der Waals surface area contributed by atoms with Crippen molar-refractivity contribution in [1.29, 1.82) is 0 Å². The topological polar surface area (TPSA) is 92.5 Å². The molecule has 10 heteroatoms. The minimum Gasteiger partial charge on any atom is -0.346 e. The Morgan fingerprint density at radius 3 is 2.44 bits per heavy atom. The van der Waals surface area contributed by atoms with Crippen molar-refractivity contribution < 1.29 is 22.0 Å². The van der Waals surface area contributed by atoms with Crippen molar-refractivity contribution in [2.24, 2.45) is 17.6 Å². The van der Waals surface area contributed by atoms with Gasteiger partial charge < -0.3 is 11.1 Å². The molecule has 1 aliphatic heterocycles. The SMILES string of the molecule is CC1CC(C)CN(S(=O)(=O)c2cccc(C(=O)NCC(F)(F)CN)c2)C1.Cl. The first-order valence-corrected chi connectivity index (χ1v) is 9.95. The highest BCUT2D eigenvalue weighted by Crippen LogP contribution is 2.27. The minimum atomic E-state index is -3.75. The summed E-state index contributed by atoms with van der Waals surface area (Å²) in [6, 6.07) is 5.44. The molecule has 154 valence electrons. The number of nitrogens with two attached hydrogens (primary N) is 1. The van der Waals surface area contributed by atoms with E-state index >= 15 is 0 Å². The average molecular weight is 426 g/mol. The van der Waals surface area contributed by atoms with Crippen molar-refractivity contribution in [3.8, 4) is 0 Å². The van der Waals surface area contributed by atoms with Crippen LogP contribution in [0.25, 0.3) is 0 Å². The molecule has 1 saturated heterocycles. The Labute approximate surface area is 164 Å². The van der Waals surface area contributed by atoms with Crippen LogP contribution in [0, 0.1) is 11.8 Å². The Balaban J connectivity index is 0.00000364. The molecule has 0 bridgehead atoms. The molecule has 0 radical (unpaired) electrons. The molecule has 6 nitrogen and oxygen atoms in total. The molecule has 1 amide bonds. The van der Waals surface area contributed by atoms with Crippen LogP contribution < -0.4 is 11.1 Å². The Morgan fingerprint density at radius 1 is 1.30 bits per heavy atom. The van der Waals surface area contributed by atoms with Gasteiger partial charge in [-0.2, -0.15) is 4.31 Å². The molecule has 0 spiro atoms. The number of benzene rings is 1. The van der Waals surface area contributed by atoms with E-state index in [1.165, 1.54) is 28.6 Å². The second-order valence-electron chi connectivity index (χ2n) is 7.04. The van der Waals surface area contributed by atoms with Crippen LogP contribution in [0.2, 0.25) is 0 Å². The van der Waals surface area contributed by atoms with E-state index in [0.717, 1.165) is 6.42 Å². The number of halogens is 3. The second-order valence-corrected chi connectivity index (χ2v) is 8.98. The molecule has 0 saturated carbocycles. The molecule has 1 aliphatic rings. The monoisotopic (exact) mass is 425 g/mol. The molecule has 2 rings (SSSR count). The summed E-state index contributed by atoms with van der Waals surface area (Å²) in [5.41, 5.74) is 4.94. The third-order valence-electron chi connectivity index (χ3n) is 4.38. The van der Waals surface area contributed by atoms with E-state index in [9.17, 15) is 22.0 Å². The zero-order chi connectivity index (χ0) is 19.5. The van der Waals surface area contributed by atoms with Gasteiger partial charge >= 0.3 is 0 Å². The van der Waals surface area contributed by atoms with Gasteiger partial charge in [0.25, 0.3) is 11.8 Å². The summed E-state index contributed by atoms with van der Waals surface area (Å²) in [7, 11) is -3.75. The van der Waals surface area contributed by atoms with Crippen molar-refractivity contribution in [3.05, 3.63) is 29.8 Å². The smallest absolute Gasteiger partial charge is 0.277 e. The molecule has 2 unspecified atom stereocenters. The van der Waals surface area contributed by atoms with Gasteiger partial charge in [0.2, 0.25) is 10.0 Å². The van der Waals surface area contributed by atoms with Crippen molar-refractivity contribution in [2.45, 2.75) is 31.1 Å².